The molecule has 2 amide bonds. The monoisotopic (exact) mass is 346 g/mol. The van der Waals surface area contributed by atoms with Gasteiger partial charge in [0.2, 0.25) is 0 Å². The second kappa shape index (κ2) is 7.38. The van der Waals surface area contributed by atoms with Crippen molar-refractivity contribution in [1.29, 1.82) is 0 Å². The van der Waals surface area contributed by atoms with Crippen molar-refractivity contribution in [3.63, 3.8) is 0 Å². The molecule has 2 rings (SSSR count). The van der Waals surface area contributed by atoms with Crippen LogP contribution in [-0.2, 0) is 14.3 Å². The number of hydrogen-bond donors (Lipinski definition) is 1. The van der Waals surface area contributed by atoms with Crippen LogP contribution in [0.3, 0.4) is 0 Å². The molecule has 134 valence electrons. The second-order valence-corrected chi connectivity index (χ2v) is 5.95. The number of ether oxygens (including phenoxy) is 2. The average Bonchev–Trinajstić information content (AvgIpc) is 2.59. The molecule has 25 heavy (non-hydrogen) atoms. The average molecular weight is 346 g/mol. The number of nitrogens with zero attached hydrogens (tertiary/aromatic N) is 1. The highest BCUT2D eigenvalue weighted by molar-refractivity contribution is 5.95. The van der Waals surface area contributed by atoms with Crippen LogP contribution in [-0.4, -0.2) is 43.1 Å². The summed E-state index contributed by atoms with van der Waals surface area (Å²) in [4.78, 5) is 37.9. The Morgan fingerprint density at radius 2 is 1.64 bits per heavy atom. The first kappa shape index (κ1) is 18.5. The van der Waals surface area contributed by atoms with E-state index in [1.165, 1.54) is 19.1 Å². The van der Waals surface area contributed by atoms with Crippen molar-refractivity contribution in [1.82, 2.24) is 10.2 Å². The molecule has 0 bridgehead atoms. The minimum Gasteiger partial charge on any atom is -0.466 e. The molecule has 1 heterocycles. The van der Waals surface area contributed by atoms with E-state index in [-0.39, 0.29) is 12.1 Å². The van der Waals surface area contributed by atoms with E-state index >= 15 is 0 Å². The SMILES string of the molecule is COC(=O)C1=C(C)N(C(C)C)C(=O)N[C@H]1c1ccc(C(=O)OC)cc1. The summed E-state index contributed by atoms with van der Waals surface area (Å²) in [6.07, 6.45) is 0. The number of amides is 2. The number of urea groups is 1. The second-order valence-electron chi connectivity index (χ2n) is 5.95. The smallest absolute Gasteiger partial charge is 0.337 e. The van der Waals surface area contributed by atoms with Gasteiger partial charge in [0, 0.05) is 11.7 Å². The van der Waals surface area contributed by atoms with Crippen LogP contribution < -0.4 is 5.32 Å². The van der Waals surface area contributed by atoms with Gasteiger partial charge in [-0.3, -0.25) is 4.90 Å². The molecule has 1 atom stereocenters. The fraction of sp³-hybridized carbons (Fsp3) is 0.389. The molecule has 0 aromatic heterocycles. The molecule has 1 aromatic carbocycles. The van der Waals surface area contributed by atoms with Crippen LogP contribution >= 0.6 is 0 Å². The highest BCUT2D eigenvalue weighted by Gasteiger charge is 2.37. The Labute approximate surface area is 146 Å². The molecule has 1 N–H and O–H groups in total. The Bertz CT molecular complexity index is 721. The van der Waals surface area contributed by atoms with E-state index in [9.17, 15) is 14.4 Å². The van der Waals surface area contributed by atoms with Crippen LogP contribution in [0.2, 0.25) is 0 Å². The number of carbonyl (C=O) groups excluding carboxylic acids is 3. The lowest BCUT2D eigenvalue weighted by molar-refractivity contribution is -0.136. The number of hydrogen-bond acceptors (Lipinski definition) is 5. The van der Waals surface area contributed by atoms with Crippen molar-refractivity contribution in [2.45, 2.75) is 32.9 Å². The Kier molecular flexibility index (Phi) is 5.46. The Morgan fingerprint density at radius 1 is 1.08 bits per heavy atom. The minimum absolute atomic E-state index is 0.109. The van der Waals surface area contributed by atoms with E-state index in [0.717, 1.165) is 0 Å². The normalized spacial score (nSPS) is 17.4. The largest absolute Gasteiger partial charge is 0.466 e. The topological polar surface area (TPSA) is 84.9 Å². The van der Waals surface area contributed by atoms with Crippen LogP contribution in [0.1, 0.15) is 42.7 Å². The van der Waals surface area contributed by atoms with Gasteiger partial charge in [-0.05, 0) is 38.5 Å². The van der Waals surface area contributed by atoms with Gasteiger partial charge in [-0.15, -0.1) is 0 Å². The van der Waals surface area contributed by atoms with E-state index in [4.69, 9.17) is 4.74 Å². The molecule has 7 heteroatoms. The van der Waals surface area contributed by atoms with E-state index in [1.54, 1.807) is 31.2 Å². The number of rotatable bonds is 4. The van der Waals surface area contributed by atoms with Crippen LogP contribution in [0, 0.1) is 0 Å². The molecule has 0 fully saturated rings. The van der Waals surface area contributed by atoms with Crippen molar-refractivity contribution in [2.24, 2.45) is 0 Å². The number of benzene rings is 1. The number of carbonyl (C=O) groups is 3. The predicted octanol–water partition coefficient (Wildman–Crippen LogP) is 2.39. The van der Waals surface area contributed by atoms with Gasteiger partial charge in [-0.2, -0.15) is 0 Å². The summed E-state index contributed by atoms with van der Waals surface area (Å²) in [5.74, 6) is -0.963. The number of esters is 2. The fourth-order valence-corrected chi connectivity index (χ4v) is 2.93. The van der Waals surface area contributed by atoms with Gasteiger partial charge in [0.05, 0.1) is 31.4 Å². The summed E-state index contributed by atoms with van der Waals surface area (Å²) in [5, 5.41) is 2.83. The summed E-state index contributed by atoms with van der Waals surface area (Å²) in [6.45, 7) is 5.45. The lowest BCUT2D eigenvalue weighted by atomic mass is 9.94. The maximum Gasteiger partial charge on any atom is 0.337 e. The number of allylic oxidation sites excluding steroid dienone is 1. The quantitative estimate of drug-likeness (QED) is 0.846. The third-order valence-corrected chi connectivity index (χ3v) is 4.11. The van der Waals surface area contributed by atoms with Gasteiger partial charge in [0.25, 0.3) is 0 Å². The molecule has 1 aromatic rings. The molecule has 0 radical (unpaired) electrons. The van der Waals surface area contributed by atoms with Crippen LogP contribution in [0.25, 0.3) is 0 Å². The summed E-state index contributed by atoms with van der Waals surface area (Å²) in [5.41, 5.74) is 1.97. The molecule has 0 spiro atoms. The Balaban J connectivity index is 2.49. The van der Waals surface area contributed by atoms with Gasteiger partial charge < -0.3 is 14.8 Å². The van der Waals surface area contributed by atoms with Crippen molar-refractivity contribution in [3.8, 4) is 0 Å². The first-order chi connectivity index (χ1) is 11.8. The molecule has 0 aliphatic carbocycles. The molecule has 7 nitrogen and oxygen atoms in total. The zero-order valence-corrected chi connectivity index (χ0v) is 15.0. The van der Waals surface area contributed by atoms with Crippen molar-refractivity contribution >= 4 is 18.0 Å². The fourth-order valence-electron chi connectivity index (χ4n) is 2.93. The van der Waals surface area contributed by atoms with Gasteiger partial charge in [0.1, 0.15) is 0 Å². The molecule has 1 aliphatic heterocycles. The lowest BCUT2D eigenvalue weighted by Gasteiger charge is -2.37. The van der Waals surface area contributed by atoms with Crippen molar-refractivity contribution in [3.05, 3.63) is 46.7 Å². The minimum atomic E-state index is -0.651. The third kappa shape index (κ3) is 3.50. The third-order valence-electron chi connectivity index (χ3n) is 4.11. The van der Waals surface area contributed by atoms with Crippen LogP contribution in [0.4, 0.5) is 4.79 Å². The van der Waals surface area contributed by atoms with Crippen molar-refractivity contribution in [2.75, 3.05) is 14.2 Å². The van der Waals surface area contributed by atoms with Crippen LogP contribution in [0.5, 0.6) is 0 Å². The Morgan fingerprint density at radius 3 is 2.12 bits per heavy atom. The summed E-state index contributed by atoms with van der Waals surface area (Å²) in [6, 6.07) is 5.49. The molecule has 0 unspecified atom stereocenters. The van der Waals surface area contributed by atoms with Crippen molar-refractivity contribution < 1.29 is 23.9 Å². The molecule has 0 saturated carbocycles. The first-order valence-corrected chi connectivity index (χ1v) is 7.88. The van der Waals surface area contributed by atoms with Crippen LogP contribution in [0.15, 0.2) is 35.5 Å². The molecular weight excluding hydrogens is 324 g/mol. The zero-order chi connectivity index (χ0) is 18.7. The highest BCUT2D eigenvalue weighted by atomic mass is 16.5. The number of methoxy groups -OCH3 is 2. The summed E-state index contributed by atoms with van der Waals surface area (Å²) in [7, 11) is 2.61. The molecule has 0 saturated heterocycles. The number of nitrogens with one attached hydrogen (secondary N) is 1. The van der Waals surface area contributed by atoms with E-state index < -0.39 is 18.0 Å². The van der Waals surface area contributed by atoms with E-state index in [0.29, 0.717) is 22.4 Å². The van der Waals surface area contributed by atoms with Gasteiger partial charge in [-0.25, -0.2) is 14.4 Å². The van der Waals surface area contributed by atoms with Gasteiger partial charge in [0.15, 0.2) is 0 Å². The maximum absolute atomic E-state index is 12.5. The predicted molar refractivity (Wildman–Crippen MR) is 90.7 cm³/mol. The summed E-state index contributed by atoms with van der Waals surface area (Å²) < 4.78 is 9.58. The Hall–Kier alpha value is -2.83. The highest BCUT2D eigenvalue weighted by Crippen LogP contribution is 2.32. The maximum atomic E-state index is 12.5. The zero-order valence-electron chi connectivity index (χ0n) is 15.0. The van der Waals surface area contributed by atoms with E-state index in [2.05, 4.69) is 10.1 Å². The standard InChI is InChI=1S/C18H22N2O5/c1-10(2)20-11(3)14(17(22)25-5)15(19-18(20)23)12-6-8-13(9-7-12)16(21)24-4/h6-10,15H,1-5H3,(H,19,23)/t15-/m0/s1. The van der Waals surface area contributed by atoms with Gasteiger partial charge in [-0.1, -0.05) is 12.1 Å². The first-order valence-electron chi connectivity index (χ1n) is 7.88. The van der Waals surface area contributed by atoms with Gasteiger partial charge >= 0.3 is 18.0 Å². The molecular formula is C18H22N2O5. The lowest BCUT2D eigenvalue weighted by Crippen LogP contribution is -2.50. The molecule has 1 aliphatic rings. The summed E-state index contributed by atoms with van der Waals surface area (Å²) >= 11 is 0. The van der Waals surface area contributed by atoms with E-state index in [1.807, 2.05) is 13.8 Å².